The molecule has 1 aliphatic carbocycles. The van der Waals surface area contributed by atoms with Crippen molar-refractivity contribution in [1.29, 1.82) is 0 Å². The molecule has 0 radical (unpaired) electrons. The van der Waals surface area contributed by atoms with E-state index in [0.717, 1.165) is 23.0 Å². The summed E-state index contributed by atoms with van der Waals surface area (Å²) in [6, 6.07) is 17.6. The van der Waals surface area contributed by atoms with Gasteiger partial charge in [-0.15, -0.1) is 0 Å². The van der Waals surface area contributed by atoms with Gasteiger partial charge in [-0.2, -0.15) is 0 Å². The van der Waals surface area contributed by atoms with Crippen molar-refractivity contribution in [3.63, 3.8) is 0 Å². The van der Waals surface area contributed by atoms with Crippen molar-refractivity contribution in [2.45, 2.75) is 64.7 Å². The molecule has 0 saturated heterocycles. The summed E-state index contributed by atoms with van der Waals surface area (Å²) in [5, 5.41) is 0. The zero-order chi connectivity index (χ0) is 17.6. The fourth-order valence-electron chi connectivity index (χ4n) is 3.84. The highest BCUT2D eigenvalue weighted by Gasteiger charge is 2.20. The van der Waals surface area contributed by atoms with E-state index in [0.29, 0.717) is 5.92 Å². The largest absolute Gasteiger partial charge is 0.0651 e. The highest BCUT2D eigenvalue weighted by atomic mass is 14.3. The SMILES string of the molecule is CCC1CCC(c2ccc(C#Cc3ccc(C(C)C)cc3)cc2)CC1. The minimum atomic E-state index is 0.571. The van der Waals surface area contributed by atoms with Crippen LogP contribution in [0.3, 0.4) is 0 Å². The second kappa shape index (κ2) is 8.39. The average molecular weight is 331 g/mol. The molecule has 0 heterocycles. The molecule has 3 rings (SSSR count). The Morgan fingerprint density at radius 2 is 1.32 bits per heavy atom. The van der Waals surface area contributed by atoms with Gasteiger partial charge in [0.15, 0.2) is 0 Å². The lowest BCUT2D eigenvalue weighted by atomic mass is 9.78. The first-order valence-corrected chi connectivity index (χ1v) is 9.87. The van der Waals surface area contributed by atoms with Gasteiger partial charge in [-0.25, -0.2) is 0 Å². The van der Waals surface area contributed by atoms with E-state index in [2.05, 4.69) is 81.1 Å². The molecule has 25 heavy (non-hydrogen) atoms. The van der Waals surface area contributed by atoms with Crippen LogP contribution in [0.25, 0.3) is 0 Å². The third kappa shape index (κ3) is 4.76. The summed E-state index contributed by atoms with van der Waals surface area (Å²) in [5.41, 5.74) is 5.07. The summed E-state index contributed by atoms with van der Waals surface area (Å²) in [5.74, 6) is 8.89. The van der Waals surface area contributed by atoms with Gasteiger partial charge in [0, 0.05) is 11.1 Å². The summed E-state index contributed by atoms with van der Waals surface area (Å²) in [4.78, 5) is 0. The van der Waals surface area contributed by atoms with Crippen molar-refractivity contribution in [3.05, 3.63) is 70.8 Å². The third-order valence-corrected chi connectivity index (χ3v) is 5.73. The maximum atomic E-state index is 3.31. The summed E-state index contributed by atoms with van der Waals surface area (Å²) in [6.45, 7) is 6.77. The molecule has 0 bridgehead atoms. The summed E-state index contributed by atoms with van der Waals surface area (Å²) < 4.78 is 0. The molecule has 0 heteroatoms. The van der Waals surface area contributed by atoms with Crippen LogP contribution in [0, 0.1) is 17.8 Å². The van der Waals surface area contributed by atoms with Crippen LogP contribution in [0.5, 0.6) is 0 Å². The first kappa shape index (κ1) is 17.8. The van der Waals surface area contributed by atoms with Gasteiger partial charge >= 0.3 is 0 Å². The van der Waals surface area contributed by atoms with Crippen LogP contribution in [-0.2, 0) is 0 Å². The van der Waals surface area contributed by atoms with E-state index in [-0.39, 0.29) is 0 Å². The minimum absolute atomic E-state index is 0.571. The Bertz CT molecular complexity index is 714. The Kier molecular flexibility index (Phi) is 5.98. The molecular weight excluding hydrogens is 300 g/mol. The van der Waals surface area contributed by atoms with E-state index in [1.807, 2.05) is 0 Å². The van der Waals surface area contributed by atoms with Gasteiger partial charge in [0.05, 0.1) is 0 Å². The zero-order valence-electron chi connectivity index (χ0n) is 15.9. The second-order valence-corrected chi connectivity index (χ2v) is 7.77. The quantitative estimate of drug-likeness (QED) is 0.537. The van der Waals surface area contributed by atoms with E-state index in [1.165, 1.54) is 43.2 Å². The predicted molar refractivity (Wildman–Crippen MR) is 108 cm³/mol. The van der Waals surface area contributed by atoms with Crippen LogP contribution in [-0.4, -0.2) is 0 Å². The van der Waals surface area contributed by atoms with Gasteiger partial charge < -0.3 is 0 Å². The molecule has 0 nitrogen and oxygen atoms in total. The lowest BCUT2D eigenvalue weighted by Crippen LogP contribution is -2.12. The smallest absolute Gasteiger partial charge is 0.0249 e. The third-order valence-electron chi connectivity index (χ3n) is 5.73. The highest BCUT2D eigenvalue weighted by molar-refractivity contribution is 5.44. The van der Waals surface area contributed by atoms with Crippen molar-refractivity contribution >= 4 is 0 Å². The van der Waals surface area contributed by atoms with E-state index in [4.69, 9.17) is 0 Å². The Balaban J connectivity index is 1.63. The van der Waals surface area contributed by atoms with Crippen molar-refractivity contribution in [2.75, 3.05) is 0 Å². The number of benzene rings is 2. The lowest BCUT2D eigenvalue weighted by Gasteiger charge is -2.28. The molecule has 0 N–H and O–H groups in total. The maximum Gasteiger partial charge on any atom is 0.0249 e. The van der Waals surface area contributed by atoms with Crippen LogP contribution >= 0.6 is 0 Å². The van der Waals surface area contributed by atoms with Gasteiger partial charge in [-0.1, -0.05) is 63.3 Å². The molecule has 0 atom stereocenters. The molecule has 1 fully saturated rings. The van der Waals surface area contributed by atoms with Crippen LogP contribution in [0.15, 0.2) is 48.5 Å². The number of hydrogen-bond donors (Lipinski definition) is 0. The van der Waals surface area contributed by atoms with Crippen molar-refractivity contribution < 1.29 is 0 Å². The summed E-state index contributed by atoms with van der Waals surface area (Å²) >= 11 is 0. The Morgan fingerprint density at radius 3 is 1.80 bits per heavy atom. The molecule has 1 saturated carbocycles. The van der Waals surface area contributed by atoms with Gasteiger partial charge in [0.1, 0.15) is 0 Å². The van der Waals surface area contributed by atoms with Crippen molar-refractivity contribution in [2.24, 2.45) is 5.92 Å². The van der Waals surface area contributed by atoms with E-state index < -0.39 is 0 Å². The number of rotatable bonds is 3. The normalized spacial score (nSPS) is 20.2. The van der Waals surface area contributed by atoms with Crippen LogP contribution in [0.1, 0.15) is 87.0 Å². The fourth-order valence-corrected chi connectivity index (χ4v) is 3.84. The topological polar surface area (TPSA) is 0 Å². The monoisotopic (exact) mass is 330 g/mol. The van der Waals surface area contributed by atoms with E-state index >= 15 is 0 Å². The Labute approximate surface area is 153 Å². The summed E-state index contributed by atoms with van der Waals surface area (Å²) in [6.07, 6.45) is 6.85. The molecular formula is C25H30. The molecule has 2 aromatic carbocycles. The highest BCUT2D eigenvalue weighted by Crippen LogP contribution is 2.36. The van der Waals surface area contributed by atoms with E-state index in [9.17, 15) is 0 Å². The molecule has 0 aliphatic heterocycles. The minimum Gasteiger partial charge on any atom is -0.0651 e. The van der Waals surface area contributed by atoms with E-state index in [1.54, 1.807) is 0 Å². The van der Waals surface area contributed by atoms with Crippen molar-refractivity contribution in [3.8, 4) is 11.8 Å². The van der Waals surface area contributed by atoms with Gasteiger partial charge in [0.2, 0.25) is 0 Å². The van der Waals surface area contributed by atoms with Crippen LogP contribution in [0.2, 0.25) is 0 Å². The first-order valence-electron chi connectivity index (χ1n) is 9.87. The summed E-state index contributed by atoms with van der Waals surface area (Å²) in [7, 11) is 0. The Hall–Kier alpha value is -2.00. The standard InChI is InChI=1S/C25H30/c1-4-20-7-15-24(16-8-20)25-17-11-22(12-18-25)6-5-21-9-13-23(14-10-21)19(2)3/h9-14,17-20,24H,4,7-8,15-16H2,1-3H3. The average Bonchev–Trinajstić information content (AvgIpc) is 2.67. The molecule has 0 spiro atoms. The molecule has 130 valence electrons. The zero-order valence-corrected chi connectivity index (χ0v) is 15.9. The number of hydrogen-bond acceptors (Lipinski definition) is 0. The fraction of sp³-hybridized carbons (Fsp3) is 0.440. The Morgan fingerprint density at radius 1 is 0.800 bits per heavy atom. The van der Waals surface area contributed by atoms with Crippen LogP contribution in [0.4, 0.5) is 0 Å². The predicted octanol–water partition coefficient (Wildman–Crippen LogP) is 6.89. The van der Waals surface area contributed by atoms with Crippen LogP contribution < -0.4 is 0 Å². The molecule has 2 aromatic rings. The first-order chi connectivity index (χ1) is 12.2. The molecule has 1 aliphatic rings. The van der Waals surface area contributed by atoms with Gasteiger partial charge in [-0.3, -0.25) is 0 Å². The van der Waals surface area contributed by atoms with Gasteiger partial charge in [0.25, 0.3) is 0 Å². The lowest BCUT2D eigenvalue weighted by molar-refractivity contribution is 0.319. The second-order valence-electron chi connectivity index (χ2n) is 7.77. The maximum absolute atomic E-state index is 3.31. The van der Waals surface area contributed by atoms with Gasteiger partial charge in [-0.05, 0) is 78.8 Å². The molecule has 0 amide bonds. The molecule has 0 unspecified atom stereocenters. The molecule has 0 aromatic heterocycles. The van der Waals surface area contributed by atoms with Crippen molar-refractivity contribution in [1.82, 2.24) is 0 Å².